The highest BCUT2D eigenvalue weighted by molar-refractivity contribution is 6.00. The summed E-state index contributed by atoms with van der Waals surface area (Å²) < 4.78 is 5.36. The van der Waals surface area contributed by atoms with Crippen LogP contribution < -0.4 is 10.2 Å². The van der Waals surface area contributed by atoms with E-state index < -0.39 is 23.9 Å². The number of carbonyl (C=O) groups excluding carboxylic acids is 3. The van der Waals surface area contributed by atoms with E-state index >= 15 is 0 Å². The number of esters is 1. The second kappa shape index (κ2) is 8.47. The molecule has 2 aromatic carbocycles. The summed E-state index contributed by atoms with van der Waals surface area (Å²) in [4.78, 5) is 38.9. The molecule has 0 aromatic heterocycles. The fourth-order valence-corrected chi connectivity index (χ4v) is 3.27. The Hall–Kier alpha value is -3.15. The molecule has 1 aliphatic heterocycles. The third kappa shape index (κ3) is 4.83. The topological polar surface area (TPSA) is 75.7 Å². The molecule has 3 rings (SSSR count). The number of hydrogen-bond acceptors (Lipinski definition) is 4. The van der Waals surface area contributed by atoms with Crippen molar-refractivity contribution in [2.45, 2.75) is 40.2 Å². The normalized spacial score (nSPS) is 17.2. The summed E-state index contributed by atoms with van der Waals surface area (Å²) in [7, 11) is 0. The van der Waals surface area contributed by atoms with Gasteiger partial charge in [-0.1, -0.05) is 29.8 Å². The van der Waals surface area contributed by atoms with Crippen molar-refractivity contribution in [3.8, 4) is 0 Å². The Balaban J connectivity index is 1.59. The van der Waals surface area contributed by atoms with Gasteiger partial charge in [0.25, 0.3) is 5.91 Å². The number of rotatable bonds is 5. The maximum absolute atomic E-state index is 12.5. The van der Waals surface area contributed by atoms with E-state index in [1.54, 1.807) is 4.90 Å². The highest BCUT2D eigenvalue weighted by atomic mass is 16.5. The van der Waals surface area contributed by atoms with Crippen LogP contribution in [0.3, 0.4) is 0 Å². The zero-order valence-corrected chi connectivity index (χ0v) is 17.2. The number of ether oxygens (including phenoxy) is 1. The second-order valence-corrected chi connectivity index (χ2v) is 7.63. The number of hydrogen-bond donors (Lipinski definition) is 1. The molecule has 2 atom stereocenters. The van der Waals surface area contributed by atoms with E-state index in [0.29, 0.717) is 5.69 Å². The summed E-state index contributed by atoms with van der Waals surface area (Å²) in [6.45, 7) is 7.60. The van der Waals surface area contributed by atoms with E-state index in [0.717, 1.165) is 22.4 Å². The third-order valence-corrected chi connectivity index (χ3v) is 5.12. The molecule has 0 aliphatic carbocycles. The highest BCUT2D eigenvalue weighted by Gasteiger charge is 2.37. The van der Waals surface area contributed by atoms with Gasteiger partial charge >= 0.3 is 5.97 Å². The minimum Gasteiger partial charge on any atom is -0.452 e. The van der Waals surface area contributed by atoms with Crippen LogP contribution in [0.15, 0.2) is 42.5 Å². The smallest absolute Gasteiger partial charge is 0.312 e. The van der Waals surface area contributed by atoms with Gasteiger partial charge in [0.2, 0.25) is 5.91 Å². The molecule has 1 saturated heterocycles. The zero-order chi connectivity index (χ0) is 21.1. The summed E-state index contributed by atoms with van der Waals surface area (Å²) in [6.07, 6.45) is -0.871. The molecule has 6 heteroatoms. The van der Waals surface area contributed by atoms with Crippen LogP contribution in [-0.2, 0) is 19.1 Å². The standard InChI is InChI=1S/C23H26N2O4/c1-14-6-9-19(10-7-14)25-13-18(12-21(25)26)23(28)29-17(4)22(27)24-20-11-15(2)5-8-16(20)3/h5-11,17-18H,12-13H2,1-4H3,(H,24,27)/t17-,18+/m1/s1. The van der Waals surface area contributed by atoms with Gasteiger partial charge in [-0.2, -0.15) is 0 Å². The minimum atomic E-state index is -0.953. The average molecular weight is 394 g/mol. The first kappa shape index (κ1) is 20.6. The first-order valence-electron chi connectivity index (χ1n) is 9.70. The molecule has 0 radical (unpaired) electrons. The highest BCUT2D eigenvalue weighted by Crippen LogP contribution is 2.26. The van der Waals surface area contributed by atoms with Gasteiger partial charge in [0.15, 0.2) is 6.10 Å². The van der Waals surface area contributed by atoms with E-state index in [1.807, 2.05) is 63.2 Å². The lowest BCUT2D eigenvalue weighted by Crippen LogP contribution is -2.33. The van der Waals surface area contributed by atoms with Gasteiger partial charge in [0.1, 0.15) is 0 Å². The van der Waals surface area contributed by atoms with Crippen molar-refractivity contribution < 1.29 is 19.1 Å². The first-order valence-corrected chi connectivity index (χ1v) is 9.70. The van der Waals surface area contributed by atoms with Crippen LogP contribution in [0, 0.1) is 26.7 Å². The summed E-state index contributed by atoms with van der Waals surface area (Å²) >= 11 is 0. The number of carbonyl (C=O) groups is 3. The number of benzene rings is 2. The van der Waals surface area contributed by atoms with Crippen molar-refractivity contribution >= 4 is 29.2 Å². The van der Waals surface area contributed by atoms with E-state index in [4.69, 9.17) is 4.74 Å². The largest absolute Gasteiger partial charge is 0.452 e. The van der Waals surface area contributed by atoms with Crippen molar-refractivity contribution in [1.82, 2.24) is 0 Å². The number of nitrogens with one attached hydrogen (secondary N) is 1. The Morgan fingerprint density at radius 3 is 2.41 bits per heavy atom. The monoisotopic (exact) mass is 394 g/mol. The summed E-state index contributed by atoms with van der Waals surface area (Å²) in [5.74, 6) is -1.63. The predicted molar refractivity (Wildman–Crippen MR) is 112 cm³/mol. The van der Waals surface area contributed by atoms with Crippen LogP contribution in [-0.4, -0.2) is 30.4 Å². The summed E-state index contributed by atoms with van der Waals surface area (Å²) in [6, 6.07) is 13.3. The van der Waals surface area contributed by atoms with Gasteiger partial charge in [0, 0.05) is 24.3 Å². The van der Waals surface area contributed by atoms with Crippen LogP contribution in [0.5, 0.6) is 0 Å². The average Bonchev–Trinajstić information content (AvgIpc) is 3.07. The lowest BCUT2D eigenvalue weighted by Gasteiger charge is -2.18. The predicted octanol–water partition coefficient (Wildman–Crippen LogP) is 3.54. The molecule has 0 saturated carbocycles. The Labute approximate surface area is 170 Å². The molecule has 0 spiro atoms. The molecule has 2 amide bonds. The Morgan fingerprint density at radius 2 is 1.72 bits per heavy atom. The molecular formula is C23H26N2O4. The molecule has 0 unspecified atom stereocenters. The zero-order valence-electron chi connectivity index (χ0n) is 17.2. The van der Waals surface area contributed by atoms with Gasteiger partial charge in [-0.3, -0.25) is 14.4 Å². The molecule has 1 aliphatic rings. The Kier molecular flexibility index (Phi) is 6.01. The second-order valence-electron chi connectivity index (χ2n) is 7.63. The summed E-state index contributed by atoms with van der Waals surface area (Å²) in [5.41, 5.74) is 4.50. The molecule has 1 fully saturated rings. The van der Waals surface area contributed by atoms with Crippen molar-refractivity contribution in [2.75, 3.05) is 16.8 Å². The molecular weight excluding hydrogens is 368 g/mol. The van der Waals surface area contributed by atoms with Crippen LogP contribution in [0.25, 0.3) is 0 Å². The Bertz CT molecular complexity index is 936. The quantitative estimate of drug-likeness (QED) is 0.787. The Morgan fingerprint density at radius 1 is 1.07 bits per heavy atom. The van der Waals surface area contributed by atoms with Gasteiger partial charge in [-0.05, 0) is 57.0 Å². The fraction of sp³-hybridized carbons (Fsp3) is 0.348. The fourth-order valence-electron chi connectivity index (χ4n) is 3.27. The molecule has 1 heterocycles. The SMILES string of the molecule is Cc1ccc(N2C[C@@H](C(=O)O[C@H](C)C(=O)Nc3cc(C)ccc3C)CC2=O)cc1. The number of amides is 2. The maximum atomic E-state index is 12.5. The van der Waals surface area contributed by atoms with Crippen molar-refractivity contribution in [3.63, 3.8) is 0 Å². The van der Waals surface area contributed by atoms with E-state index in [9.17, 15) is 14.4 Å². The van der Waals surface area contributed by atoms with E-state index in [2.05, 4.69) is 5.32 Å². The van der Waals surface area contributed by atoms with Crippen LogP contribution in [0.4, 0.5) is 11.4 Å². The maximum Gasteiger partial charge on any atom is 0.312 e. The number of nitrogens with zero attached hydrogens (tertiary/aromatic N) is 1. The molecule has 1 N–H and O–H groups in total. The molecule has 2 aromatic rings. The van der Waals surface area contributed by atoms with Gasteiger partial charge in [-0.25, -0.2) is 0 Å². The van der Waals surface area contributed by atoms with E-state index in [1.165, 1.54) is 6.92 Å². The van der Waals surface area contributed by atoms with Gasteiger partial charge in [-0.15, -0.1) is 0 Å². The number of aryl methyl sites for hydroxylation is 3. The lowest BCUT2D eigenvalue weighted by atomic mass is 10.1. The third-order valence-electron chi connectivity index (χ3n) is 5.12. The van der Waals surface area contributed by atoms with Gasteiger partial charge < -0.3 is 15.0 Å². The molecule has 6 nitrogen and oxygen atoms in total. The van der Waals surface area contributed by atoms with Crippen molar-refractivity contribution in [2.24, 2.45) is 5.92 Å². The molecule has 29 heavy (non-hydrogen) atoms. The first-order chi connectivity index (χ1) is 13.7. The van der Waals surface area contributed by atoms with Crippen molar-refractivity contribution in [3.05, 3.63) is 59.2 Å². The number of anilines is 2. The van der Waals surface area contributed by atoms with Crippen LogP contribution >= 0.6 is 0 Å². The van der Waals surface area contributed by atoms with E-state index in [-0.39, 0.29) is 18.9 Å². The van der Waals surface area contributed by atoms with Gasteiger partial charge in [0.05, 0.1) is 5.92 Å². The summed E-state index contributed by atoms with van der Waals surface area (Å²) in [5, 5.41) is 2.80. The lowest BCUT2D eigenvalue weighted by molar-refractivity contribution is -0.157. The van der Waals surface area contributed by atoms with Crippen LogP contribution in [0.1, 0.15) is 30.0 Å². The minimum absolute atomic E-state index is 0.0814. The molecule has 0 bridgehead atoms. The van der Waals surface area contributed by atoms with Crippen LogP contribution in [0.2, 0.25) is 0 Å². The van der Waals surface area contributed by atoms with Crippen molar-refractivity contribution in [1.29, 1.82) is 0 Å². The molecule has 152 valence electrons.